The minimum Gasteiger partial charge on any atom is -0.497 e. The number of ether oxygens (including phenoxy) is 3. The summed E-state index contributed by atoms with van der Waals surface area (Å²) in [7, 11) is 4.40. The number of alkyl carbamates (subject to hydrolysis) is 1. The maximum absolute atomic E-state index is 11.8. The molecule has 0 spiro atoms. The highest BCUT2D eigenvalue weighted by molar-refractivity contribution is 5.98. The zero-order valence-corrected chi connectivity index (χ0v) is 10.5. The van der Waals surface area contributed by atoms with Crippen molar-refractivity contribution in [2.45, 2.75) is 0 Å². The molecule has 1 aromatic rings. The lowest BCUT2D eigenvalue weighted by Crippen LogP contribution is -2.22. The van der Waals surface area contributed by atoms with Crippen molar-refractivity contribution in [2.75, 3.05) is 27.9 Å². The molecule has 0 heterocycles. The molecule has 0 aliphatic carbocycles. The third-order valence-electron chi connectivity index (χ3n) is 2.21. The van der Waals surface area contributed by atoms with Gasteiger partial charge < -0.3 is 19.5 Å². The summed E-state index contributed by atoms with van der Waals surface area (Å²) in [5, 5.41) is 2.25. The zero-order valence-electron chi connectivity index (χ0n) is 10.5. The van der Waals surface area contributed by atoms with E-state index >= 15 is 0 Å². The van der Waals surface area contributed by atoms with E-state index in [1.165, 1.54) is 21.3 Å². The topological polar surface area (TPSA) is 73.9 Å². The standard InChI is InChI=1S/C12H15NO5/c1-13-12(15)18-7-11(14)8-4-9(16-2)6-10(5-8)17-3/h4-6H,7H2,1-3H3,(H,13,15). The summed E-state index contributed by atoms with van der Waals surface area (Å²) >= 11 is 0. The van der Waals surface area contributed by atoms with Crippen LogP contribution in [-0.4, -0.2) is 39.8 Å². The van der Waals surface area contributed by atoms with Gasteiger partial charge in [0.1, 0.15) is 11.5 Å². The van der Waals surface area contributed by atoms with Crippen molar-refractivity contribution in [2.24, 2.45) is 0 Å². The first-order valence-corrected chi connectivity index (χ1v) is 5.21. The van der Waals surface area contributed by atoms with Crippen molar-refractivity contribution in [3.8, 4) is 11.5 Å². The predicted octanol–water partition coefficient (Wildman–Crippen LogP) is 1.24. The molecule has 98 valence electrons. The third kappa shape index (κ3) is 3.65. The fraction of sp³-hybridized carbons (Fsp3) is 0.333. The second kappa shape index (κ2) is 6.48. The van der Waals surface area contributed by atoms with Gasteiger partial charge in [-0.3, -0.25) is 4.79 Å². The number of amides is 1. The van der Waals surface area contributed by atoms with Gasteiger partial charge in [-0.15, -0.1) is 0 Å². The van der Waals surface area contributed by atoms with Gasteiger partial charge in [-0.05, 0) is 12.1 Å². The fourth-order valence-electron chi connectivity index (χ4n) is 1.26. The van der Waals surface area contributed by atoms with Crippen LogP contribution in [0.4, 0.5) is 4.79 Å². The first kappa shape index (κ1) is 13.8. The van der Waals surface area contributed by atoms with Gasteiger partial charge in [-0.2, -0.15) is 0 Å². The largest absolute Gasteiger partial charge is 0.497 e. The number of hydrogen-bond donors (Lipinski definition) is 1. The molecule has 1 rings (SSSR count). The van der Waals surface area contributed by atoms with Crippen molar-refractivity contribution in [1.29, 1.82) is 0 Å². The molecule has 18 heavy (non-hydrogen) atoms. The van der Waals surface area contributed by atoms with Crippen LogP contribution in [0.3, 0.4) is 0 Å². The number of carbonyl (C=O) groups is 2. The molecule has 6 nitrogen and oxygen atoms in total. The molecule has 0 aliphatic heterocycles. The molecule has 0 fully saturated rings. The normalized spacial score (nSPS) is 9.50. The lowest BCUT2D eigenvalue weighted by Gasteiger charge is -2.08. The van der Waals surface area contributed by atoms with Crippen LogP contribution in [0.2, 0.25) is 0 Å². The molecule has 0 unspecified atom stereocenters. The quantitative estimate of drug-likeness (QED) is 0.799. The Morgan fingerprint density at radius 1 is 1.11 bits per heavy atom. The average molecular weight is 253 g/mol. The number of carbonyl (C=O) groups excluding carboxylic acids is 2. The molecule has 0 radical (unpaired) electrons. The van der Waals surface area contributed by atoms with E-state index in [1.54, 1.807) is 18.2 Å². The number of Topliss-reactive ketones (excluding diaryl/α,β-unsaturated/α-hetero) is 1. The molecule has 0 atom stereocenters. The highest BCUT2D eigenvalue weighted by atomic mass is 16.5. The minimum absolute atomic E-state index is 0.337. The number of nitrogens with one attached hydrogen (secondary N) is 1. The van der Waals surface area contributed by atoms with Gasteiger partial charge in [0.25, 0.3) is 0 Å². The van der Waals surface area contributed by atoms with Crippen LogP contribution in [-0.2, 0) is 4.74 Å². The SMILES string of the molecule is CNC(=O)OCC(=O)c1cc(OC)cc(OC)c1. The maximum atomic E-state index is 11.8. The summed E-state index contributed by atoms with van der Waals surface area (Å²) < 4.78 is 14.8. The predicted molar refractivity (Wildman–Crippen MR) is 64.3 cm³/mol. The van der Waals surface area contributed by atoms with E-state index in [4.69, 9.17) is 9.47 Å². The molecular formula is C12H15NO5. The van der Waals surface area contributed by atoms with E-state index in [-0.39, 0.29) is 12.4 Å². The highest BCUT2D eigenvalue weighted by Crippen LogP contribution is 2.22. The summed E-state index contributed by atoms with van der Waals surface area (Å²) in [5.41, 5.74) is 0.357. The number of benzene rings is 1. The van der Waals surface area contributed by atoms with Crippen molar-refractivity contribution < 1.29 is 23.8 Å². The minimum atomic E-state index is -0.654. The summed E-state index contributed by atoms with van der Waals surface area (Å²) in [6.45, 7) is -0.337. The van der Waals surface area contributed by atoms with E-state index in [0.29, 0.717) is 17.1 Å². The average Bonchev–Trinajstić information content (AvgIpc) is 2.43. The lowest BCUT2D eigenvalue weighted by atomic mass is 10.1. The number of ketones is 1. The Labute approximate surface area is 105 Å². The van der Waals surface area contributed by atoms with E-state index < -0.39 is 6.09 Å². The van der Waals surface area contributed by atoms with Gasteiger partial charge in [0.2, 0.25) is 5.78 Å². The molecule has 1 aromatic carbocycles. The van der Waals surface area contributed by atoms with Gasteiger partial charge >= 0.3 is 6.09 Å². The Hall–Kier alpha value is -2.24. The Bertz CT molecular complexity index is 422. The number of methoxy groups -OCH3 is 2. The van der Waals surface area contributed by atoms with Gasteiger partial charge in [-0.25, -0.2) is 4.79 Å². The van der Waals surface area contributed by atoms with E-state index in [9.17, 15) is 9.59 Å². The second-order valence-corrected chi connectivity index (χ2v) is 3.35. The van der Waals surface area contributed by atoms with Crippen LogP contribution in [0, 0.1) is 0 Å². The van der Waals surface area contributed by atoms with Gasteiger partial charge in [0, 0.05) is 18.7 Å². The van der Waals surface area contributed by atoms with Crippen molar-refractivity contribution >= 4 is 11.9 Å². The van der Waals surface area contributed by atoms with Crippen LogP contribution in [0.1, 0.15) is 10.4 Å². The second-order valence-electron chi connectivity index (χ2n) is 3.35. The van der Waals surface area contributed by atoms with E-state index in [1.807, 2.05) is 0 Å². The van der Waals surface area contributed by atoms with Gasteiger partial charge in [0.15, 0.2) is 6.61 Å². The van der Waals surface area contributed by atoms with Crippen LogP contribution in [0.5, 0.6) is 11.5 Å². The molecule has 6 heteroatoms. The maximum Gasteiger partial charge on any atom is 0.407 e. The summed E-state index contributed by atoms with van der Waals surface area (Å²) in [5.74, 6) is 0.658. The van der Waals surface area contributed by atoms with Crippen LogP contribution in [0.15, 0.2) is 18.2 Å². The molecular weight excluding hydrogens is 238 g/mol. The zero-order chi connectivity index (χ0) is 13.5. The Morgan fingerprint density at radius 2 is 1.67 bits per heavy atom. The first-order valence-electron chi connectivity index (χ1n) is 5.21. The van der Waals surface area contributed by atoms with Crippen LogP contribution in [0.25, 0.3) is 0 Å². The van der Waals surface area contributed by atoms with Crippen molar-refractivity contribution in [3.05, 3.63) is 23.8 Å². The summed E-state index contributed by atoms with van der Waals surface area (Å²) in [6, 6.07) is 4.76. The molecule has 1 N–H and O–H groups in total. The van der Waals surface area contributed by atoms with Gasteiger partial charge in [0.05, 0.1) is 14.2 Å². The molecule has 0 saturated heterocycles. The molecule has 1 amide bonds. The molecule has 0 aromatic heterocycles. The van der Waals surface area contributed by atoms with Crippen molar-refractivity contribution in [1.82, 2.24) is 5.32 Å². The molecule has 0 bridgehead atoms. The van der Waals surface area contributed by atoms with Crippen LogP contribution >= 0.6 is 0 Å². The molecule has 0 saturated carbocycles. The van der Waals surface area contributed by atoms with E-state index in [2.05, 4.69) is 10.1 Å². The van der Waals surface area contributed by atoms with Crippen LogP contribution < -0.4 is 14.8 Å². The lowest BCUT2D eigenvalue weighted by molar-refractivity contribution is 0.0846. The fourth-order valence-corrected chi connectivity index (χ4v) is 1.26. The number of hydrogen-bond acceptors (Lipinski definition) is 5. The Balaban J connectivity index is 2.81. The van der Waals surface area contributed by atoms with Crippen molar-refractivity contribution in [3.63, 3.8) is 0 Å². The molecule has 0 aliphatic rings. The Morgan fingerprint density at radius 3 is 2.11 bits per heavy atom. The third-order valence-corrected chi connectivity index (χ3v) is 2.21. The van der Waals surface area contributed by atoms with Gasteiger partial charge in [-0.1, -0.05) is 0 Å². The smallest absolute Gasteiger partial charge is 0.407 e. The first-order chi connectivity index (χ1) is 8.60. The summed E-state index contributed by atoms with van der Waals surface area (Å²) in [6.07, 6.45) is -0.654. The van der Waals surface area contributed by atoms with E-state index in [0.717, 1.165) is 0 Å². The Kier molecular flexibility index (Phi) is 4.98. The summed E-state index contributed by atoms with van der Waals surface area (Å²) in [4.78, 5) is 22.6. The number of rotatable bonds is 5. The monoisotopic (exact) mass is 253 g/mol. The highest BCUT2D eigenvalue weighted by Gasteiger charge is 2.12.